The van der Waals surface area contributed by atoms with E-state index >= 15 is 0 Å². The average molecular weight is 276 g/mol. The molecule has 106 valence electrons. The van der Waals surface area contributed by atoms with Crippen LogP contribution in [0.25, 0.3) is 0 Å². The molecule has 0 unspecified atom stereocenters. The molecule has 0 saturated heterocycles. The number of anilines is 1. The van der Waals surface area contributed by atoms with Gasteiger partial charge in [-0.05, 0) is 18.2 Å². The van der Waals surface area contributed by atoms with Gasteiger partial charge in [-0.2, -0.15) is 0 Å². The number of hydrogen-bond donors (Lipinski definition) is 0. The number of benzene rings is 1. The highest BCUT2D eigenvalue weighted by molar-refractivity contribution is 6.52. The Hall–Kier alpha value is -2.37. The zero-order valence-electron chi connectivity index (χ0n) is 11.7. The van der Waals surface area contributed by atoms with Crippen molar-refractivity contribution < 1.29 is 19.1 Å². The number of ether oxygens (including phenoxy) is 1. The fraction of sp³-hybridized carbons (Fsp3) is 0.357. The van der Waals surface area contributed by atoms with E-state index in [1.165, 1.54) is 16.9 Å². The number of Topliss-reactive ketones (excluding diaryl/α,β-unsaturated/α-hetero) is 1. The lowest BCUT2D eigenvalue weighted by Crippen LogP contribution is -2.34. The molecule has 2 amide bonds. The highest BCUT2D eigenvalue weighted by atomic mass is 16.5. The Labute approximate surface area is 116 Å². The normalized spacial score (nSPS) is 13.4. The number of hydrogen-bond acceptors (Lipinski definition) is 4. The van der Waals surface area contributed by atoms with Crippen LogP contribution in [0.2, 0.25) is 0 Å². The molecular weight excluding hydrogens is 260 g/mol. The molecule has 6 nitrogen and oxygen atoms in total. The van der Waals surface area contributed by atoms with Crippen molar-refractivity contribution in [2.75, 3.05) is 32.6 Å². The van der Waals surface area contributed by atoms with Crippen molar-refractivity contribution in [2.45, 2.75) is 6.42 Å². The molecule has 1 aromatic carbocycles. The largest absolute Gasteiger partial charge is 0.497 e. The molecule has 6 heteroatoms. The number of rotatable bonds is 4. The molecule has 20 heavy (non-hydrogen) atoms. The topological polar surface area (TPSA) is 66.9 Å². The molecule has 0 aromatic heterocycles. The van der Waals surface area contributed by atoms with Gasteiger partial charge in [0, 0.05) is 27.1 Å². The van der Waals surface area contributed by atoms with Crippen LogP contribution in [0.15, 0.2) is 18.2 Å². The number of nitrogens with zero attached hydrogens (tertiary/aromatic N) is 2. The minimum absolute atomic E-state index is 0.0905. The van der Waals surface area contributed by atoms with Gasteiger partial charge >= 0.3 is 0 Å². The van der Waals surface area contributed by atoms with E-state index in [-0.39, 0.29) is 18.9 Å². The first-order valence-corrected chi connectivity index (χ1v) is 6.20. The van der Waals surface area contributed by atoms with E-state index in [1.54, 1.807) is 32.3 Å². The van der Waals surface area contributed by atoms with E-state index in [0.29, 0.717) is 17.0 Å². The third-order valence-corrected chi connectivity index (χ3v) is 3.23. The number of ketones is 1. The van der Waals surface area contributed by atoms with Gasteiger partial charge in [0.15, 0.2) is 0 Å². The molecule has 0 spiro atoms. The van der Waals surface area contributed by atoms with Crippen molar-refractivity contribution in [3.63, 3.8) is 0 Å². The first kappa shape index (κ1) is 14.0. The van der Waals surface area contributed by atoms with Gasteiger partial charge in [0.2, 0.25) is 5.91 Å². The molecule has 1 aromatic rings. The van der Waals surface area contributed by atoms with Gasteiger partial charge in [0.05, 0.1) is 18.4 Å². The summed E-state index contributed by atoms with van der Waals surface area (Å²) in [5, 5.41) is 0. The molecule has 1 aliphatic heterocycles. The van der Waals surface area contributed by atoms with Crippen LogP contribution >= 0.6 is 0 Å². The van der Waals surface area contributed by atoms with E-state index in [4.69, 9.17) is 4.74 Å². The number of fused-ring (bicyclic) bond motifs is 1. The van der Waals surface area contributed by atoms with Crippen LogP contribution in [0.3, 0.4) is 0 Å². The van der Waals surface area contributed by atoms with Crippen molar-refractivity contribution in [1.29, 1.82) is 0 Å². The van der Waals surface area contributed by atoms with Crippen LogP contribution in [0.5, 0.6) is 5.75 Å². The van der Waals surface area contributed by atoms with Gasteiger partial charge in [0.25, 0.3) is 11.7 Å². The molecule has 1 aliphatic rings. The van der Waals surface area contributed by atoms with Gasteiger partial charge in [0.1, 0.15) is 5.75 Å². The van der Waals surface area contributed by atoms with E-state index in [1.807, 2.05) is 0 Å². The summed E-state index contributed by atoms with van der Waals surface area (Å²) in [5.41, 5.74) is 0.860. The second-order valence-corrected chi connectivity index (χ2v) is 4.71. The standard InChI is InChI=1S/C14H16N2O4/c1-15(2)12(17)6-7-16-11-5-4-9(20-3)8-10(11)13(18)14(16)19/h4-5,8H,6-7H2,1-3H3. The van der Waals surface area contributed by atoms with E-state index in [9.17, 15) is 14.4 Å². The van der Waals surface area contributed by atoms with Crippen LogP contribution in [-0.4, -0.2) is 50.2 Å². The first-order chi connectivity index (χ1) is 9.45. The molecule has 0 atom stereocenters. The summed E-state index contributed by atoms with van der Waals surface area (Å²) in [7, 11) is 4.80. The second-order valence-electron chi connectivity index (χ2n) is 4.71. The predicted octanol–water partition coefficient (Wildman–Crippen LogP) is 0.703. The Morgan fingerprint density at radius 3 is 2.60 bits per heavy atom. The highest BCUT2D eigenvalue weighted by Crippen LogP contribution is 2.32. The molecule has 0 N–H and O–H groups in total. The molecular formula is C14H16N2O4. The lowest BCUT2D eigenvalue weighted by Gasteiger charge is -2.17. The molecule has 0 radical (unpaired) electrons. The Bertz CT molecular complexity index is 581. The van der Waals surface area contributed by atoms with Crippen molar-refractivity contribution in [1.82, 2.24) is 4.90 Å². The van der Waals surface area contributed by atoms with Crippen LogP contribution in [0.1, 0.15) is 16.8 Å². The fourth-order valence-corrected chi connectivity index (χ4v) is 2.06. The average Bonchev–Trinajstić information content (AvgIpc) is 2.68. The van der Waals surface area contributed by atoms with Crippen LogP contribution in [-0.2, 0) is 9.59 Å². The minimum Gasteiger partial charge on any atom is -0.497 e. The van der Waals surface area contributed by atoms with Crippen LogP contribution in [0, 0.1) is 0 Å². The third kappa shape index (κ3) is 2.36. The van der Waals surface area contributed by atoms with Gasteiger partial charge in [-0.1, -0.05) is 0 Å². The molecule has 0 fully saturated rings. The molecule has 1 heterocycles. The molecule has 0 saturated carbocycles. The number of carbonyl (C=O) groups excluding carboxylic acids is 3. The fourth-order valence-electron chi connectivity index (χ4n) is 2.06. The zero-order valence-corrected chi connectivity index (χ0v) is 11.7. The van der Waals surface area contributed by atoms with Gasteiger partial charge in [-0.25, -0.2) is 0 Å². The Kier molecular flexibility index (Phi) is 3.74. The van der Waals surface area contributed by atoms with E-state index in [0.717, 1.165) is 0 Å². The van der Waals surface area contributed by atoms with Crippen molar-refractivity contribution in [3.05, 3.63) is 23.8 Å². The van der Waals surface area contributed by atoms with Crippen LogP contribution in [0.4, 0.5) is 5.69 Å². The monoisotopic (exact) mass is 276 g/mol. The summed E-state index contributed by atoms with van der Waals surface area (Å²) in [6.07, 6.45) is 0.178. The Balaban J connectivity index is 2.23. The van der Waals surface area contributed by atoms with Crippen molar-refractivity contribution in [3.8, 4) is 5.75 Å². The predicted molar refractivity (Wildman–Crippen MR) is 73.0 cm³/mol. The molecule has 0 aliphatic carbocycles. The van der Waals surface area contributed by atoms with Crippen molar-refractivity contribution in [2.24, 2.45) is 0 Å². The SMILES string of the molecule is COc1ccc2c(c1)C(=O)C(=O)N2CCC(=O)N(C)C. The Morgan fingerprint density at radius 2 is 2.00 bits per heavy atom. The maximum Gasteiger partial charge on any atom is 0.299 e. The van der Waals surface area contributed by atoms with E-state index in [2.05, 4.69) is 0 Å². The van der Waals surface area contributed by atoms with Crippen molar-refractivity contribution >= 4 is 23.3 Å². The summed E-state index contributed by atoms with van der Waals surface area (Å²) in [6, 6.07) is 4.89. The lowest BCUT2D eigenvalue weighted by molar-refractivity contribution is -0.128. The quantitative estimate of drug-likeness (QED) is 0.759. The number of carbonyl (C=O) groups is 3. The first-order valence-electron chi connectivity index (χ1n) is 6.20. The third-order valence-electron chi connectivity index (χ3n) is 3.23. The summed E-state index contributed by atoms with van der Waals surface area (Å²) < 4.78 is 5.05. The van der Waals surface area contributed by atoms with E-state index < -0.39 is 11.7 Å². The van der Waals surface area contributed by atoms with Gasteiger partial charge < -0.3 is 14.5 Å². The second kappa shape index (κ2) is 5.32. The molecule has 0 bridgehead atoms. The summed E-state index contributed by atoms with van der Waals surface area (Å²) in [4.78, 5) is 38.3. The number of amides is 2. The summed E-state index contributed by atoms with van der Waals surface area (Å²) >= 11 is 0. The minimum atomic E-state index is -0.597. The smallest absolute Gasteiger partial charge is 0.299 e. The lowest BCUT2D eigenvalue weighted by atomic mass is 10.1. The number of methoxy groups -OCH3 is 1. The highest BCUT2D eigenvalue weighted by Gasteiger charge is 2.36. The zero-order chi connectivity index (χ0) is 14.9. The van der Waals surface area contributed by atoms with Crippen LogP contribution < -0.4 is 9.64 Å². The molecule has 2 rings (SSSR count). The van der Waals surface area contributed by atoms with Gasteiger partial charge in [-0.3, -0.25) is 14.4 Å². The Morgan fingerprint density at radius 1 is 1.30 bits per heavy atom. The summed E-state index contributed by atoms with van der Waals surface area (Å²) in [5.74, 6) is -0.723. The summed E-state index contributed by atoms with van der Waals surface area (Å²) in [6.45, 7) is 0.195. The maximum atomic E-state index is 12.0. The van der Waals surface area contributed by atoms with Gasteiger partial charge in [-0.15, -0.1) is 0 Å². The maximum absolute atomic E-state index is 12.0.